The largest absolute Gasteiger partial charge is 0.416 e. The van der Waals surface area contributed by atoms with Gasteiger partial charge in [0.25, 0.3) is 17.7 Å². The van der Waals surface area contributed by atoms with Gasteiger partial charge in [-0.2, -0.15) is 13.2 Å². The number of hydrogen-bond donors (Lipinski definition) is 3. The van der Waals surface area contributed by atoms with E-state index in [-0.39, 0.29) is 23.9 Å². The molecule has 0 aromatic heterocycles. The Kier molecular flexibility index (Phi) is 9.09. The molecule has 5 aromatic rings. The number of amides is 3. The van der Waals surface area contributed by atoms with Gasteiger partial charge in [-0.1, -0.05) is 66.7 Å². The second kappa shape index (κ2) is 13.3. The smallest absolute Gasteiger partial charge is 0.348 e. The summed E-state index contributed by atoms with van der Waals surface area (Å²) in [6.45, 7) is 2.11. The summed E-state index contributed by atoms with van der Waals surface area (Å²) in [4.78, 5) is 38.7. The molecule has 6 nitrogen and oxygen atoms in total. The Balaban J connectivity index is 1.20. The molecule has 226 valence electrons. The van der Waals surface area contributed by atoms with Crippen molar-refractivity contribution in [2.45, 2.75) is 19.6 Å². The van der Waals surface area contributed by atoms with E-state index in [1.807, 2.05) is 25.1 Å². The van der Waals surface area contributed by atoms with Crippen LogP contribution in [0.4, 0.5) is 24.5 Å². The predicted octanol–water partition coefficient (Wildman–Crippen LogP) is 8.12. The summed E-state index contributed by atoms with van der Waals surface area (Å²) in [7, 11) is 0. The monoisotopic (exact) mass is 607 g/mol. The number of anilines is 2. The first-order chi connectivity index (χ1) is 21.6. The minimum atomic E-state index is -4.46. The lowest BCUT2D eigenvalue weighted by atomic mass is 9.98. The lowest BCUT2D eigenvalue weighted by molar-refractivity contribution is -0.137. The quantitative estimate of drug-likeness (QED) is 0.167. The van der Waals surface area contributed by atoms with Crippen LogP contribution in [-0.4, -0.2) is 17.7 Å². The van der Waals surface area contributed by atoms with Crippen LogP contribution in [0.5, 0.6) is 0 Å². The van der Waals surface area contributed by atoms with Crippen LogP contribution in [-0.2, 0) is 12.7 Å². The number of hydrogen-bond acceptors (Lipinski definition) is 3. The minimum Gasteiger partial charge on any atom is -0.348 e. The summed E-state index contributed by atoms with van der Waals surface area (Å²) in [5, 5.41) is 8.49. The van der Waals surface area contributed by atoms with E-state index < -0.39 is 17.6 Å². The molecule has 0 aliphatic carbocycles. The third kappa shape index (κ3) is 7.64. The Morgan fingerprint density at radius 2 is 1.24 bits per heavy atom. The molecular weight excluding hydrogens is 579 g/mol. The zero-order valence-corrected chi connectivity index (χ0v) is 24.1. The molecule has 0 bridgehead atoms. The summed E-state index contributed by atoms with van der Waals surface area (Å²) >= 11 is 0. The van der Waals surface area contributed by atoms with Gasteiger partial charge in [-0.05, 0) is 83.8 Å². The molecule has 0 aliphatic rings. The summed E-state index contributed by atoms with van der Waals surface area (Å²) in [5.74, 6) is -1.03. The van der Waals surface area contributed by atoms with Crippen LogP contribution < -0.4 is 16.0 Å². The number of nitrogens with one attached hydrogen (secondary N) is 3. The second-order valence-corrected chi connectivity index (χ2v) is 10.3. The molecule has 3 amide bonds. The number of aryl methyl sites for hydroxylation is 1. The molecule has 5 rings (SSSR count). The van der Waals surface area contributed by atoms with Gasteiger partial charge in [0.1, 0.15) is 0 Å². The lowest BCUT2D eigenvalue weighted by Gasteiger charge is -2.13. The zero-order valence-electron chi connectivity index (χ0n) is 24.1. The zero-order chi connectivity index (χ0) is 32.0. The molecule has 3 N–H and O–H groups in total. The van der Waals surface area contributed by atoms with E-state index >= 15 is 0 Å². The van der Waals surface area contributed by atoms with Crippen molar-refractivity contribution in [3.63, 3.8) is 0 Å². The van der Waals surface area contributed by atoms with Gasteiger partial charge in [0.05, 0.1) is 5.56 Å². The number of carbonyl (C=O) groups is 3. The predicted molar refractivity (Wildman–Crippen MR) is 168 cm³/mol. The molecule has 0 atom stereocenters. The van der Waals surface area contributed by atoms with Crippen LogP contribution in [0, 0.1) is 6.92 Å². The number of halogens is 3. The first-order valence-electron chi connectivity index (χ1n) is 14.0. The third-order valence-electron chi connectivity index (χ3n) is 7.13. The first kappa shape index (κ1) is 30.7. The van der Waals surface area contributed by atoms with E-state index in [1.165, 1.54) is 18.2 Å². The highest BCUT2D eigenvalue weighted by Gasteiger charge is 2.30. The Morgan fingerprint density at radius 1 is 0.622 bits per heavy atom. The number of alkyl halides is 3. The molecule has 0 radical (unpaired) electrons. The van der Waals surface area contributed by atoms with Gasteiger partial charge in [-0.25, -0.2) is 0 Å². The standard InChI is InChI=1S/C36H28F3N3O3/c1-23-7-2-3-10-30(23)34(44)41-28-19-13-24(14-20-28)22-40-33(43)26-8-6-9-29(21-26)42-35(45)32-12-5-4-11-31(32)25-15-17-27(18-16-25)36(37,38)39/h2-21H,22H2,1H3,(H,40,43)(H,41,44)(H,42,45). The molecule has 0 saturated carbocycles. The van der Waals surface area contributed by atoms with Gasteiger partial charge in [0.2, 0.25) is 0 Å². The fourth-order valence-electron chi connectivity index (χ4n) is 4.72. The van der Waals surface area contributed by atoms with Crippen LogP contribution in [0.15, 0.2) is 121 Å². The maximum atomic E-state index is 13.2. The Hall–Kier alpha value is -5.70. The van der Waals surface area contributed by atoms with Crippen molar-refractivity contribution in [1.82, 2.24) is 5.32 Å². The Labute approximate surface area is 257 Å². The van der Waals surface area contributed by atoms with Gasteiger partial charge < -0.3 is 16.0 Å². The number of rotatable bonds is 8. The molecule has 5 aromatic carbocycles. The average Bonchev–Trinajstić information content (AvgIpc) is 3.04. The van der Waals surface area contributed by atoms with Crippen molar-refractivity contribution >= 4 is 29.1 Å². The minimum absolute atomic E-state index is 0.204. The molecule has 0 aliphatic heterocycles. The lowest BCUT2D eigenvalue weighted by Crippen LogP contribution is -2.23. The van der Waals surface area contributed by atoms with Crippen molar-refractivity contribution in [2.24, 2.45) is 0 Å². The van der Waals surface area contributed by atoms with Crippen LogP contribution in [0.2, 0.25) is 0 Å². The van der Waals surface area contributed by atoms with E-state index in [2.05, 4.69) is 16.0 Å². The van der Waals surface area contributed by atoms with Crippen LogP contribution in [0.1, 0.15) is 47.8 Å². The second-order valence-electron chi connectivity index (χ2n) is 10.3. The highest BCUT2D eigenvalue weighted by molar-refractivity contribution is 6.09. The van der Waals surface area contributed by atoms with Crippen molar-refractivity contribution in [3.8, 4) is 11.1 Å². The van der Waals surface area contributed by atoms with Gasteiger partial charge in [0.15, 0.2) is 0 Å². The molecule has 0 fully saturated rings. The van der Waals surface area contributed by atoms with Gasteiger partial charge in [0, 0.05) is 34.6 Å². The van der Waals surface area contributed by atoms with E-state index in [0.717, 1.165) is 23.3 Å². The Bertz CT molecular complexity index is 1850. The van der Waals surface area contributed by atoms with Gasteiger partial charge in [-0.3, -0.25) is 14.4 Å². The normalized spacial score (nSPS) is 11.0. The molecular formula is C36H28F3N3O3. The highest BCUT2D eigenvalue weighted by Crippen LogP contribution is 2.32. The van der Waals surface area contributed by atoms with Crippen molar-refractivity contribution < 1.29 is 27.6 Å². The molecule has 45 heavy (non-hydrogen) atoms. The van der Waals surface area contributed by atoms with Gasteiger partial charge >= 0.3 is 6.18 Å². The van der Waals surface area contributed by atoms with E-state index in [1.54, 1.807) is 72.8 Å². The average molecular weight is 608 g/mol. The summed E-state index contributed by atoms with van der Waals surface area (Å²) in [5.41, 5.74) is 4.05. The Morgan fingerprint density at radius 3 is 1.93 bits per heavy atom. The topological polar surface area (TPSA) is 87.3 Å². The molecule has 0 spiro atoms. The molecule has 0 heterocycles. The molecule has 9 heteroatoms. The van der Waals surface area contributed by atoms with Gasteiger partial charge in [-0.15, -0.1) is 0 Å². The fraction of sp³-hybridized carbons (Fsp3) is 0.0833. The van der Waals surface area contributed by atoms with Crippen molar-refractivity contribution in [3.05, 3.63) is 155 Å². The summed E-state index contributed by atoms with van der Waals surface area (Å²) in [6.07, 6.45) is -4.46. The maximum absolute atomic E-state index is 13.2. The van der Waals surface area contributed by atoms with E-state index in [4.69, 9.17) is 0 Å². The number of benzene rings is 5. The summed E-state index contributed by atoms with van der Waals surface area (Å²) < 4.78 is 39.0. The summed E-state index contributed by atoms with van der Waals surface area (Å²) in [6, 6.07) is 32.1. The van der Waals surface area contributed by atoms with Crippen LogP contribution in [0.25, 0.3) is 11.1 Å². The van der Waals surface area contributed by atoms with E-state index in [0.29, 0.717) is 33.6 Å². The van der Waals surface area contributed by atoms with Crippen LogP contribution in [0.3, 0.4) is 0 Å². The van der Waals surface area contributed by atoms with Crippen LogP contribution >= 0.6 is 0 Å². The SMILES string of the molecule is Cc1ccccc1C(=O)Nc1ccc(CNC(=O)c2cccc(NC(=O)c3ccccc3-c3ccc(C(F)(F)F)cc3)c2)cc1. The van der Waals surface area contributed by atoms with Crippen molar-refractivity contribution in [2.75, 3.05) is 10.6 Å². The molecule has 0 saturated heterocycles. The fourth-order valence-corrected chi connectivity index (χ4v) is 4.72. The van der Waals surface area contributed by atoms with E-state index in [9.17, 15) is 27.6 Å². The highest BCUT2D eigenvalue weighted by atomic mass is 19.4. The number of carbonyl (C=O) groups excluding carboxylic acids is 3. The molecule has 0 unspecified atom stereocenters. The first-order valence-corrected chi connectivity index (χ1v) is 14.0. The maximum Gasteiger partial charge on any atom is 0.416 e. The third-order valence-corrected chi connectivity index (χ3v) is 7.13. The van der Waals surface area contributed by atoms with Crippen molar-refractivity contribution in [1.29, 1.82) is 0 Å².